The molecule has 1 atom stereocenters. The lowest BCUT2D eigenvalue weighted by Crippen LogP contribution is -2.18. The zero-order valence-corrected chi connectivity index (χ0v) is 13.9. The Hall–Kier alpha value is -2.64. The lowest BCUT2D eigenvalue weighted by atomic mass is 10.1. The Bertz CT molecular complexity index is 654. The van der Waals surface area contributed by atoms with Crippen LogP contribution < -0.4 is 10.6 Å². The van der Waals surface area contributed by atoms with Gasteiger partial charge in [0.15, 0.2) is 0 Å². The van der Waals surface area contributed by atoms with Gasteiger partial charge in [-0.3, -0.25) is 10.1 Å². The molecule has 0 aliphatic rings. The second-order valence-corrected chi connectivity index (χ2v) is 4.71. The zero-order valence-electron chi connectivity index (χ0n) is 13.9. The van der Waals surface area contributed by atoms with E-state index in [9.17, 15) is 13.6 Å². The van der Waals surface area contributed by atoms with Gasteiger partial charge in [-0.2, -0.15) is 4.98 Å². The summed E-state index contributed by atoms with van der Waals surface area (Å²) in [6.07, 6.45) is 2.67. The number of aryl methyl sites for hydroxylation is 1. The first kappa shape index (κ1) is 19.4. The van der Waals surface area contributed by atoms with E-state index in [-0.39, 0.29) is 12.0 Å². The van der Waals surface area contributed by atoms with Gasteiger partial charge in [0, 0.05) is 6.04 Å². The Morgan fingerprint density at radius 1 is 1.21 bits per heavy atom. The van der Waals surface area contributed by atoms with Crippen LogP contribution in [0.25, 0.3) is 0 Å². The van der Waals surface area contributed by atoms with Gasteiger partial charge in [0.25, 0.3) is 0 Å². The number of anilines is 2. The Morgan fingerprint density at radius 3 is 2.62 bits per heavy atom. The number of carbonyl (C=O) groups excluding carboxylic acids is 1. The van der Waals surface area contributed by atoms with E-state index < -0.39 is 11.6 Å². The molecule has 2 aromatic rings. The molecule has 0 aliphatic heterocycles. The van der Waals surface area contributed by atoms with Crippen molar-refractivity contribution in [2.24, 2.45) is 0 Å². The molecule has 0 spiro atoms. The van der Waals surface area contributed by atoms with Crippen molar-refractivity contribution in [3.05, 3.63) is 41.7 Å². The third kappa shape index (κ3) is 6.23. The molecule has 1 aromatic carbocycles. The molecule has 0 bridgehead atoms. The molecule has 0 aliphatic carbocycles. The number of rotatable bonds is 7. The third-order valence-electron chi connectivity index (χ3n) is 2.99. The van der Waals surface area contributed by atoms with Crippen LogP contribution in [0.1, 0.15) is 32.8 Å². The zero-order chi connectivity index (χ0) is 17.9. The SMILES string of the molecule is CC.CC(CCc1cc(F)ccc1F)Nc1ncnc(NC=O)n1. The second kappa shape index (κ2) is 10.2. The first-order valence-corrected chi connectivity index (χ1v) is 7.68. The highest BCUT2D eigenvalue weighted by Crippen LogP contribution is 2.14. The van der Waals surface area contributed by atoms with Crippen LogP contribution in [0.3, 0.4) is 0 Å². The molecule has 2 rings (SSSR count). The number of carbonyl (C=O) groups is 1. The summed E-state index contributed by atoms with van der Waals surface area (Å²) in [7, 11) is 0. The van der Waals surface area contributed by atoms with Gasteiger partial charge < -0.3 is 5.32 Å². The molecular formula is C16H21F2N5O. The normalized spacial score (nSPS) is 11.0. The number of aromatic nitrogens is 3. The van der Waals surface area contributed by atoms with E-state index in [1.165, 1.54) is 12.4 Å². The van der Waals surface area contributed by atoms with Crippen LogP contribution in [0, 0.1) is 11.6 Å². The summed E-state index contributed by atoms with van der Waals surface area (Å²) in [6.45, 7) is 5.87. The minimum Gasteiger partial charge on any atom is -0.352 e. The van der Waals surface area contributed by atoms with Crippen LogP contribution in [0.5, 0.6) is 0 Å². The summed E-state index contributed by atoms with van der Waals surface area (Å²) >= 11 is 0. The molecule has 130 valence electrons. The maximum absolute atomic E-state index is 13.5. The van der Waals surface area contributed by atoms with Crippen molar-refractivity contribution in [3.63, 3.8) is 0 Å². The van der Waals surface area contributed by atoms with Crippen molar-refractivity contribution in [3.8, 4) is 0 Å². The number of nitrogens with zero attached hydrogens (tertiary/aromatic N) is 3. The minimum absolute atomic E-state index is 0.0749. The molecule has 1 amide bonds. The third-order valence-corrected chi connectivity index (χ3v) is 2.99. The molecular weight excluding hydrogens is 316 g/mol. The Balaban J connectivity index is 0.00000139. The Kier molecular flexibility index (Phi) is 8.24. The van der Waals surface area contributed by atoms with Gasteiger partial charge in [0.1, 0.15) is 18.0 Å². The van der Waals surface area contributed by atoms with E-state index in [1.807, 2.05) is 20.8 Å². The van der Waals surface area contributed by atoms with Crippen LogP contribution in [0.15, 0.2) is 24.5 Å². The topological polar surface area (TPSA) is 79.8 Å². The van der Waals surface area contributed by atoms with Gasteiger partial charge in [-0.1, -0.05) is 13.8 Å². The highest BCUT2D eigenvalue weighted by molar-refractivity contribution is 5.66. The smallest absolute Gasteiger partial charge is 0.233 e. The summed E-state index contributed by atoms with van der Waals surface area (Å²) in [4.78, 5) is 22.0. The molecule has 1 unspecified atom stereocenters. The van der Waals surface area contributed by atoms with Crippen LogP contribution in [-0.2, 0) is 11.2 Å². The van der Waals surface area contributed by atoms with Crippen molar-refractivity contribution < 1.29 is 13.6 Å². The van der Waals surface area contributed by atoms with Crippen LogP contribution >= 0.6 is 0 Å². The highest BCUT2D eigenvalue weighted by Gasteiger charge is 2.09. The van der Waals surface area contributed by atoms with Gasteiger partial charge in [0.2, 0.25) is 18.3 Å². The van der Waals surface area contributed by atoms with E-state index in [0.717, 1.165) is 12.1 Å². The average Bonchev–Trinajstić information content (AvgIpc) is 2.58. The van der Waals surface area contributed by atoms with E-state index >= 15 is 0 Å². The molecule has 0 saturated heterocycles. The van der Waals surface area contributed by atoms with E-state index in [4.69, 9.17) is 0 Å². The summed E-state index contributed by atoms with van der Waals surface area (Å²) in [5.74, 6) is -0.451. The van der Waals surface area contributed by atoms with E-state index in [0.29, 0.717) is 30.8 Å². The van der Waals surface area contributed by atoms with Gasteiger partial charge in [-0.05, 0) is 43.5 Å². The summed E-state index contributed by atoms with van der Waals surface area (Å²) in [5, 5.41) is 5.33. The number of hydrogen-bond donors (Lipinski definition) is 2. The fourth-order valence-electron chi connectivity index (χ4n) is 1.89. The van der Waals surface area contributed by atoms with E-state index in [1.54, 1.807) is 0 Å². The predicted octanol–water partition coefficient (Wildman–Crippen LogP) is 3.18. The molecule has 8 heteroatoms. The molecule has 0 radical (unpaired) electrons. The van der Waals surface area contributed by atoms with Crippen molar-refractivity contribution in [1.29, 1.82) is 0 Å². The number of amides is 1. The lowest BCUT2D eigenvalue weighted by Gasteiger charge is -2.14. The van der Waals surface area contributed by atoms with Gasteiger partial charge in [-0.15, -0.1) is 0 Å². The molecule has 0 saturated carbocycles. The van der Waals surface area contributed by atoms with E-state index in [2.05, 4.69) is 25.6 Å². The monoisotopic (exact) mass is 337 g/mol. The standard InChI is InChI=1S/C14H15F2N5O.C2H6/c1-9(2-3-10-6-11(15)4-5-12(10)16)20-14-18-7-17-13(21-14)19-8-22;1-2/h4-9H,2-3H2,1H3,(H2,17,18,19,20,21,22);1-2H3. The number of hydrogen-bond acceptors (Lipinski definition) is 5. The molecule has 24 heavy (non-hydrogen) atoms. The molecule has 6 nitrogen and oxygen atoms in total. The molecule has 0 fully saturated rings. The lowest BCUT2D eigenvalue weighted by molar-refractivity contribution is -0.105. The quantitative estimate of drug-likeness (QED) is 0.759. The first-order chi connectivity index (χ1) is 11.6. The highest BCUT2D eigenvalue weighted by atomic mass is 19.1. The molecule has 1 aromatic heterocycles. The largest absolute Gasteiger partial charge is 0.352 e. The number of nitrogens with one attached hydrogen (secondary N) is 2. The van der Waals surface area contributed by atoms with Crippen molar-refractivity contribution in [2.75, 3.05) is 10.6 Å². The predicted molar refractivity (Wildman–Crippen MR) is 88.6 cm³/mol. The fourth-order valence-corrected chi connectivity index (χ4v) is 1.89. The fraction of sp³-hybridized carbons (Fsp3) is 0.375. The maximum Gasteiger partial charge on any atom is 0.233 e. The Labute approximate surface area is 139 Å². The van der Waals surface area contributed by atoms with Crippen LogP contribution in [0.4, 0.5) is 20.7 Å². The number of halogens is 2. The summed E-state index contributed by atoms with van der Waals surface area (Å²) in [5.41, 5.74) is 0.326. The summed E-state index contributed by atoms with van der Waals surface area (Å²) < 4.78 is 26.6. The first-order valence-electron chi connectivity index (χ1n) is 7.68. The molecule has 2 N–H and O–H groups in total. The van der Waals surface area contributed by atoms with Crippen molar-refractivity contribution >= 4 is 18.3 Å². The molecule has 1 heterocycles. The van der Waals surface area contributed by atoms with Gasteiger partial charge in [0.05, 0.1) is 0 Å². The maximum atomic E-state index is 13.5. The minimum atomic E-state index is -0.459. The van der Waals surface area contributed by atoms with Crippen molar-refractivity contribution in [1.82, 2.24) is 15.0 Å². The van der Waals surface area contributed by atoms with Crippen molar-refractivity contribution in [2.45, 2.75) is 39.7 Å². The number of benzene rings is 1. The average molecular weight is 337 g/mol. The second-order valence-electron chi connectivity index (χ2n) is 4.71. The Morgan fingerprint density at radius 2 is 1.92 bits per heavy atom. The van der Waals surface area contributed by atoms with Gasteiger partial charge in [-0.25, -0.2) is 18.7 Å². The van der Waals surface area contributed by atoms with Crippen LogP contribution in [-0.4, -0.2) is 27.4 Å². The van der Waals surface area contributed by atoms with Crippen LogP contribution in [0.2, 0.25) is 0 Å². The van der Waals surface area contributed by atoms with Gasteiger partial charge >= 0.3 is 0 Å². The summed E-state index contributed by atoms with van der Waals surface area (Å²) in [6, 6.07) is 3.32.